The minimum Gasteiger partial charge on any atom is -0.497 e. The van der Waals surface area contributed by atoms with Gasteiger partial charge in [-0.2, -0.15) is 0 Å². The summed E-state index contributed by atoms with van der Waals surface area (Å²) in [5.41, 5.74) is 1.51. The lowest BCUT2D eigenvalue weighted by molar-refractivity contribution is -0.123. The number of amides is 2. The van der Waals surface area contributed by atoms with E-state index in [-0.39, 0.29) is 18.4 Å². The van der Waals surface area contributed by atoms with Gasteiger partial charge in [-0.3, -0.25) is 14.5 Å². The standard InChI is InChI=1S/C19H22N2O4/c1-14(22)21(17-6-4-5-7-18(17)25-3)13-19(23)20-12-15-8-10-16(24-2)11-9-15/h4-11H,12-13H2,1-3H3,(H,20,23). The number of methoxy groups -OCH3 is 2. The third-order valence-corrected chi connectivity index (χ3v) is 3.71. The molecule has 2 aromatic rings. The van der Waals surface area contributed by atoms with Gasteiger partial charge in [-0.05, 0) is 29.8 Å². The molecule has 6 nitrogen and oxygen atoms in total. The van der Waals surface area contributed by atoms with E-state index >= 15 is 0 Å². The zero-order valence-electron chi connectivity index (χ0n) is 14.6. The average Bonchev–Trinajstić information content (AvgIpc) is 2.64. The second-order valence-corrected chi connectivity index (χ2v) is 5.40. The Morgan fingerprint density at radius 3 is 2.28 bits per heavy atom. The zero-order valence-corrected chi connectivity index (χ0v) is 14.6. The molecule has 2 rings (SSSR count). The zero-order chi connectivity index (χ0) is 18.2. The topological polar surface area (TPSA) is 67.9 Å². The van der Waals surface area contributed by atoms with Gasteiger partial charge in [0, 0.05) is 13.5 Å². The quantitative estimate of drug-likeness (QED) is 0.839. The van der Waals surface area contributed by atoms with Crippen molar-refractivity contribution in [2.75, 3.05) is 25.7 Å². The highest BCUT2D eigenvalue weighted by molar-refractivity contribution is 5.98. The van der Waals surface area contributed by atoms with Crippen LogP contribution in [-0.2, 0) is 16.1 Å². The van der Waals surface area contributed by atoms with Crippen LogP contribution in [0.4, 0.5) is 5.69 Å². The Morgan fingerprint density at radius 1 is 1.00 bits per heavy atom. The Kier molecular flexibility index (Phi) is 6.39. The third-order valence-electron chi connectivity index (χ3n) is 3.71. The predicted molar refractivity (Wildman–Crippen MR) is 95.9 cm³/mol. The molecule has 0 saturated heterocycles. The summed E-state index contributed by atoms with van der Waals surface area (Å²) in [5, 5.41) is 2.81. The molecule has 2 aromatic carbocycles. The maximum Gasteiger partial charge on any atom is 0.240 e. The first-order valence-corrected chi connectivity index (χ1v) is 7.86. The SMILES string of the molecule is COc1ccc(CNC(=O)CN(C(C)=O)c2ccccc2OC)cc1. The summed E-state index contributed by atoms with van der Waals surface area (Å²) in [7, 11) is 3.13. The highest BCUT2D eigenvalue weighted by atomic mass is 16.5. The number of nitrogens with zero attached hydrogens (tertiary/aromatic N) is 1. The number of nitrogens with one attached hydrogen (secondary N) is 1. The molecule has 0 bridgehead atoms. The number of para-hydroxylation sites is 2. The fourth-order valence-corrected chi connectivity index (χ4v) is 2.36. The first-order valence-electron chi connectivity index (χ1n) is 7.86. The van der Waals surface area contributed by atoms with E-state index in [4.69, 9.17) is 9.47 Å². The van der Waals surface area contributed by atoms with Crippen LogP contribution >= 0.6 is 0 Å². The van der Waals surface area contributed by atoms with Crippen molar-refractivity contribution in [3.8, 4) is 11.5 Å². The molecule has 0 fully saturated rings. The van der Waals surface area contributed by atoms with E-state index in [1.807, 2.05) is 30.3 Å². The van der Waals surface area contributed by atoms with Crippen molar-refractivity contribution < 1.29 is 19.1 Å². The van der Waals surface area contributed by atoms with Crippen LogP contribution in [0, 0.1) is 0 Å². The number of carbonyl (C=O) groups excluding carboxylic acids is 2. The molecule has 0 unspecified atom stereocenters. The average molecular weight is 342 g/mol. The number of ether oxygens (including phenoxy) is 2. The van der Waals surface area contributed by atoms with Crippen LogP contribution < -0.4 is 19.7 Å². The Bertz CT molecular complexity index is 728. The van der Waals surface area contributed by atoms with Gasteiger partial charge in [0.25, 0.3) is 0 Å². The minimum atomic E-state index is -0.253. The highest BCUT2D eigenvalue weighted by Crippen LogP contribution is 2.27. The fraction of sp³-hybridized carbons (Fsp3) is 0.263. The van der Waals surface area contributed by atoms with Crippen LogP contribution in [0.25, 0.3) is 0 Å². The van der Waals surface area contributed by atoms with Gasteiger partial charge in [-0.25, -0.2) is 0 Å². The summed E-state index contributed by atoms with van der Waals surface area (Å²) in [6.45, 7) is 1.72. The molecule has 0 radical (unpaired) electrons. The number of benzene rings is 2. The van der Waals surface area contributed by atoms with Crippen molar-refractivity contribution in [1.82, 2.24) is 5.32 Å². The molecule has 25 heavy (non-hydrogen) atoms. The summed E-state index contributed by atoms with van der Waals surface area (Å²) in [6, 6.07) is 14.5. The van der Waals surface area contributed by atoms with Crippen molar-refractivity contribution >= 4 is 17.5 Å². The van der Waals surface area contributed by atoms with Gasteiger partial charge < -0.3 is 14.8 Å². The Balaban J connectivity index is 2.01. The first kappa shape index (κ1) is 18.3. The molecule has 1 N–H and O–H groups in total. The van der Waals surface area contributed by atoms with Gasteiger partial charge >= 0.3 is 0 Å². The maximum atomic E-state index is 12.3. The molecule has 0 spiro atoms. The number of carbonyl (C=O) groups is 2. The van der Waals surface area contributed by atoms with Crippen LogP contribution in [0.15, 0.2) is 48.5 Å². The highest BCUT2D eigenvalue weighted by Gasteiger charge is 2.18. The minimum absolute atomic E-state index is 0.0775. The van der Waals surface area contributed by atoms with E-state index in [2.05, 4.69) is 5.32 Å². The lowest BCUT2D eigenvalue weighted by Crippen LogP contribution is -2.39. The maximum absolute atomic E-state index is 12.3. The van der Waals surface area contributed by atoms with Crippen molar-refractivity contribution in [3.63, 3.8) is 0 Å². The first-order chi connectivity index (χ1) is 12.0. The van der Waals surface area contributed by atoms with Gasteiger partial charge in [-0.1, -0.05) is 24.3 Å². The molecule has 0 saturated carbocycles. The summed E-state index contributed by atoms with van der Waals surface area (Å²) in [6.07, 6.45) is 0. The predicted octanol–water partition coefficient (Wildman–Crippen LogP) is 2.37. The number of hydrogen-bond donors (Lipinski definition) is 1. The second kappa shape index (κ2) is 8.73. The number of anilines is 1. The van der Waals surface area contributed by atoms with Gasteiger partial charge in [0.15, 0.2) is 0 Å². The van der Waals surface area contributed by atoms with Crippen molar-refractivity contribution in [2.45, 2.75) is 13.5 Å². The molecule has 0 aliphatic carbocycles. The van der Waals surface area contributed by atoms with Gasteiger partial charge in [-0.15, -0.1) is 0 Å². The molecular weight excluding hydrogens is 320 g/mol. The largest absolute Gasteiger partial charge is 0.497 e. The summed E-state index contributed by atoms with van der Waals surface area (Å²) in [4.78, 5) is 25.6. The molecular formula is C19H22N2O4. The van der Waals surface area contributed by atoms with Crippen LogP contribution in [0.3, 0.4) is 0 Å². The van der Waals surface area contributed by atoms with E-state index in [9.17, 15) is 9.59 Å². The second-order valence-electron chi connectivity index (χ2n) is 5.40. The van der Waals surface area contributed by atoms with E-state index in [1.165, 1.54) is 18.9 Å². The lowest BCUT2D eigenvalue weighted by atomic mass is 10.2. The van der Waals surface area contributed by atoms with Gasteiger partial charge in [0.1, 0.15) is 18.0 Å². The molecule has 0 aliphatic heterocycles. The van der Waals surface area contributed by atoms with Crippen LogP contribution in [-0.4, -0.2) is 32.6 Å². The normalized spacial score (nSPS) is 10.0. The van der Waals surface area contributed by atoms with E-state index in [0.29, 0.717) is 18.0 Å². The Morgan fingerprint density at radius 2 is 1.68 bits per heavy atom. The van der Waals surface area contributed by atoms with Gasteiger partial charge in [0.2, 0.25) is 11.8 Å². The van der Waals surface area contributed by atoms with Crippen LogP contribution in [0.2, 0.25) is 0 Å². The van der Waals surface area contributed by atoms with Crippen molar-refractivity contribution in [1.29, 1.82) is 0 Å². The molecule has 132 valence electrons. The van der Waals surface area contributed by atoms with Crippen LogP contribution in [0.5, 0.6) is 11.5 Å². The van der Waals surface area contributed by atoms with E-state index < -0.39 is 0 Å². The Labute approximate surface area is 147 Å². The summed E-state index contributed by atoms with van der Waals surface area (Å²) < 4.78 is 10.4. The van der Waals surface area contributed by atoms with Crippen LogP contribution in [0.1, 0.15) is 12.5 Å². The summed E-state index contributed by atoms with van der Waals surface area (Å²) in [5.74, 6) is 0.815. The molecule has 0 aromatic heterocycles. The molecule has 6 heteroatoms. The molecule has 0 heterocycles. The Hall–Kier alpha value is -3.02. The van der Waals surface area contributed by atoms with Crippen molar-refractivity contribution in [2.24, 2.45) is 0 Å². The molecule has 0 atom stereocenters. The fourth-order valence-electron chi connectivity index (χ4n) is 2.36. The third kappa shape index (κ3) is 4.97. The van der Waals surface area contributed by atoms with E-state index in [1.54, 1.807) is 25.3 Å². The van der Waals surface area contributed by atoms with E-state index in [0.717, 1.165) is 11.3 Å². The smallest absolute Gasteiger partial charge is 0.240 e. The lowest BCUT2D eigenvalue weighted by Gasteiger charge is -2.22. The molecule has 2 amide bonds. The number of hydrogen-bond acceptors (Lipinski definition) is 4. The number of rotatable bonds is 7. The monoisotopic (exact) mass is 342 g/mol. The summed E-state index contributed by atoms with van der Waals surface area (Å²) >= 11 is 0. The molecule has 0 aliphatic rings. The van der Waals surface area contributed by atoms with Crippen molar-refractivity contribution in [3.05, 3.63) is 54.1 Å². The van der Waals surface area contributed by atoms with Gasteiger partial charge in [0.05, 0.1) is 19.9 Å².